The van der Waals surface area contributed by atoms with Crippen LogP contribution >= 0.6 is 35.0 Å². The zero-order valence-electron chi connectivity index (χ0n) is 12.7. The third-order valence-electron chi connectivity index (χ3n) is 3.42. The highest BCUT2D eigenvalue weighted by Gasteiger charge is 2.14. The second kappa shape index (κ2) is 7.34. The number of halogens is 2. The Morgan fingerprint density at radius 3 is 2.38 bits per heavy atom. The first kappa shape index (κ1) is 17.0. The SMILES string of the molecule is COc1ccc(-c2nnc(SCc3c(Cl)cccc3Cl)n2N)cc1. The molecule has 0 fully saturated rings. The number of thioether (sulfide) groups is 1. The molecule has 0 unspecified atom stereocenters. The number of aromatic nitrogens is 3. The average Bonchev–Trinajstić information content (AvgIpc) is 2.95. The van der Waals surface area contributed by atoms with Crippen molar-refractivity contribution in [1.29, 1.82) is 0 Å². The van der Waals surface area contributed by atoms with Crippen molar-refractivity contribution in [2.75, 3.05) is 13.0 Å². The highest BCUT2D eigenvalue weighted by atomic mass is 35.5. The molecule has 0 aliphatic rings. The van der Waals surface area contributed by atoms with E-state index in [-0.39, 0.29) is 0 Å². The number of methoxy groups -OCH3 is 1. The van der Waals surface area contributed by atoms with Crippen molar-refractivity contribution >= 4 is 35.0 Å². The van der Waals surface area contributed by atoms with Crippen molar-refractivity contribution in [3.05, 3.63) is 58.1 Å². The molecule has 0 amide bonds. The summed E-state index contributed by atoms with van der Waals surface area (Å²) in [5, 5.41) is 10.1. The molecule has 1 aromatic heterocycles. The van der Waals surface area contributed by atoms with Gasteiger partial charge in [-0.2, -0.15) is 0 Å². The number of nitrogens with two attached hydrogens (primary N) is 1. The summed E-state index contributed by atoms with van der Waals surface area (Å²) in [6.45, 7) is 0. The molecule has 24 heavy (non-hydrogen) atoms. The molecule has 3 rings (SSSR count). The predicted octanol–water partition coefficient (Wildman–Crippen LogP) is 4.27. The van der Waals surface area contributed by atoms with Gasteiger partial charge in [-0.1, -0.05) is 41.0 Å². The van der Waals surface area contributed by atoms with E-state index in [1.165, 1.54) is 16.4 Å². The van der Waals surface area contributed by atoms with Gasteiger partial charge in [-0.05, 0) is 42.0 Å². The van der Waals surface area contributed by atoms with Gasteiger partial charge in [0.1, 0.15) is 5.75 Å². The van der Waals surface area contributed by atoms with E-state index in [1.54, 1.807) is 19.2 Å². The lowest BCUT2D eigenvalue weighted by molar-refractivity contribution is 0.415. The largest absolute Gasteiger partial charge is 0.497 e. The molecule has 0 aliphatic heterocycles. The number of hydrogen-bond acceptors (Lipinski definition) is 5. The zero-order chi connectivity index (χ0) is 17.1. The highest BCUT2D eigenvalue weighted by molar-refractivity contribution is 7.98. The van der Waals surface area contributed by atoms with Crippen molar-refractivity contribution in [3.8, 4) is 17.1 Å². The Labute approximate surface area is 153 Å². The van der Waals surface area contributed by atoms with E-state index in [0.29, 0.717) is 26.8 Å². The maximum Gasteiger partial charge on any atom is 0.210 e. The second-order valence-electron chi connectivity index (χ2n) is 4.89. The summed E-state index contributed by atoms with van der Waals surface area (Å²) in [5.41, 5.74) is 1.70. The number of ether oxygens (including phenoxy) is 1. The van der Waals surface area contributed by atoms with Crippen LogP contribution in [-0.4, -0.2) is 22.0 Å². The maximum atomic E-state index is 6.18. The summed E-state index contributed by atoms with van der Waals surface area (Å²) in [4.78, 5) is 0. The second-order valence-corrected chi connectivity index (χ2v) is 6.65. The van der Waals surface area contributed by atoms with Crippen LogP contribution in [0.1, 0.15) is 5.56 Å². The van der Waals surface area contributed by atoms with Gasteiger partial charge in [-0.15, -0.1) is 10.2 Å². The molecule has 0 radical (unpaired) electrons. The van der Waals surface area contributed by atoms with Gasteiger partial charge >= 0.3 is 0 Å². The summed E-state index contributed by atoms with van der Waals surface area (Å²) in [7, 11) is 1.62. The van der Waals surface area contributed by atoms with Crippen LogP contribution in [0.4, 0.5) is 0 Å². The van der Waals surface area contributed by atoms with Crippen molar-refractivity contribution in [2.24, 2.45) is 0 Å². The normalized spacial score (nSPS) is 10.8. The summed E-state index contributed by atoms with van der Waals surface area (Å²) < 4.78 is 6.60. The lowest BCUT2D eigenvalue weighted by atomic mass is 10.2. The molecule has 0 saturated carbocycles. The number of nitrogen functional groups attached to an aromatic ring is 1. The van der Waals surface area contributed by atoms with E-state index in [2.05, 4.69) is 10.2 Å². The highest BCUT2D eigenvalue weighted by Crippen LogP contribution is 2.31. The number of rotatable bonds is 5. The lowest BCUT2D eigenvalue weighted by Crippen LogP contribution is -2.11. The van der Waals surface area contributed by atoms with Crippen LogP contribution in [-0.2, 0) is 5.75 Å². The first-order valence-electron chi connectivity index (χ1n) is 7.00. The summed E-state index contributed by atoms with van der Waals surface area (Å²) in [6, 6.07) is 12.9. The Bertz CT molecular complexity index is 832. The molecule has 8 heteroatoms. The van der Waals surface area contributed by atoms with E-state index in [1.807, 2.05) is 30.3 Å². The Kier molecular flexibility index (Phi) is 5.18. The maximum absolute atomic E-state index is 6.18. The van der Waals surface area contributed by atoms with Crippen LogP contribution in [0, 0.1) is 0 Å². The fourth-order valence-corrected chi connectivity index (χ4v) is 3.72. The number of benzene rings is 2. The molecule has 0 spiro atoms. The fourth-order valence-electron chi connectivity index (χ4n) is 2.12. The molecular formula is C16H14Cl2N4OS. The van der Waals surface area contributed by atoms with Gasteiger partial charge in [0.15, 0.2) is 5.82 Å². The molecule has 0 atom stereocenters. The van der Waals surface area contributed by atoms with Gasteiger partial charge in [0.25, 0.3) is 0 Å². The molecule has 2 N–H and O–H groups in total. The monoisotopic (exact) mass is 380 g/mol. The van der Waals surface area contributed by atoms with Crippen molar-refractivity contribution in [2.45, 2.75) is 10.9 Å². The van der Waals surface area contributed by atoms with Crippen molar-refractivity contribution in [1.82, 2.24) is 14.9 Å². The van der Waals surface area contributed by atoms with Gasteiger partial charge < -0.3 is 10.6 Å². The Hall–Kier alpha value is -1.89. The number of hydrogen-bond donors (Lipinski definition) is 1. The van der Waals surface area contributed by atoms with Crippen LogP contribution < -0.4 is 10.6 Å². The van der Waals surface area contributed by atoms with E-state index >= 15 is 0 Å². The van der Waals surface area contributed by atoms with Crippen LogP contribution in [0.5, 0.6) is 5.75 Å². The van der Waals surface area contributed by atoms with E-state index < -0.39 is 0 Å². The molecule has 5 nitrogen and oxygen atoms in total. The predicted molar refractivity (Wildman–Crippen MR) is 98.2 cm³/mol. The molecule has 2 aromatic carbocycles. The third-order valence-corrected chi connectivity index (χ3v) is 5.10. The topological polar surface area (TPSA) is 66.0 Å². The van der Waals surface area contributed by atoms with Gasteiger partial charge in [0.05, 0.1) is 7.11 Å². The first-order chi connectivity index (χ1) is 11.6. The van der Waals surface area contributed by atoms with Gasteiger partial charge in [-0.25, -0.2) is 4.68 Å². The molecule has 0 aliphatic carbocycles. The van der Waals surface area contributed by atoms with Crippen molar-refractivity contribution in [3.63, 3.8) is 0 Å². The zero-order valence-corrected chi connectivity index (χ0v) is 15.1. The summed E-state index contributed by atoms with van der Waals surface area (Å²) >= 11 is 13.8. The van der Waals surface area contributed by atoms with Crippen LogP contribution in [0.25, 0.3) is 11.4 Å². The van der Waals surface area contributed by atoms with E-state index in [4.69, 9.17) is 33.8 Å². The van der Waals surface area contributed by atoms with Crippen molar-refractivity contribution < 1.29 is 4.74 Å². The van der Waals surface area contributed by atoms with Crippen LogP contribution in [0.3, 0.4) is 0 Å². The summed E-state index contributed by atoms with van der Waals surface area (Å²) in [5.74, 6) is 8.01. The molecule has 0 saturated heterocycles. The molecular weight excluding hydrogens is 367 g/mol. The molecule has 3 aromatic rings. The first-order valence-corrected chi connectivity index (χ1v) is 8.75. The lowest BCUT2D eigenvalue weighted by Gasteiger charge is -2.07. The van der Waals surface area contributed by atoms with E-state index in [0.717, 1.165) is 16.9 Å². The van der Waals surface area contributed by atoms with Gasteiger partial charge in [0, 0.05) is 21.4 Å². The molecule has 0 bridgehead atoms. The third kappa shape index (κ3) is 3.45. The van der Waals surface area contributed by atoms with Gasteiger partial charge in [0.2, 0.25) is 5.16 Å². The molecule has 1 heterocycles. The van der Waals surface area contributed by atoms with Gasteiger partial charge in [-0.3, -0.25) is 0 Å². The fraction of sp³-hybridized carbons (Fsp3) is 0.125. The van der Waals surface area contributed by atoms with Crippen LogP contribution in [0.2, 0.25) is 10.0 Å². The minimum atomic E-state index is 0.552. The van der Waals surface area contributed by atoms with Crippen LogP contribution in [0.15, 0.2) is 47.6 Å². The smallest absolute Gasteiger partial charge is 0.210 e. The minimum Gasteiger partial charge on any atom is -0.497 e. The minimum absolute atomic E-state index is 0.552. The Morgan fingerprint density at radius 2 is 1.75 bits per heavy atom. The Morgan fingerprint density at radius 1 is 1.08 bits per heavy atom. The summed E-state index contributed by atoms with van der Waals surface area (Å²) in [6.07, 6.45) is 0. The van der Waals surface area contributed by atoms with E-state index in [9.17, 15) is 0 Å². The standard InChI is InChI=1S/C16H14Cl2N4OS/c1-23-11-7-5-10(6-8-11)15-20-21-16(22(15)19)24-9-12-13(17)3-2-4-14(12)18/h2-8H,9,19H2,1H3. The quantitative estimate of drug-likeness (QED) is 0.528. The Balaban J connectivity index is 1.80. The average molecular weight is 381 g/mol. The number of nitrogens with zero attached hydrogens (tertiary/aromatic N) is 3. The molecule has 124 valence electrons.